The van der Waals surface area contributed by atoms with Gasteiger partial charge in [0.1, 0.15) is 0 Å². The maximum absolute atomic E-state index is 11.9. The van der Waals surface area contributed by atoms with E-state index in [-0.39, 0.29) is 18.6 Å². The lowest BCUT2D eigenvalue weighted by Crippen LogP contribution is -2.50. The van der Waals surface area contributed by atoms with Crippen LogP contribution in [0.15, 0.2) is 0 Å². The van der Waals surface area contributed by atoms with Crippen LogP contribution in [-0.4, -0.2) is 41.1 Å². The summed E-state index contributed by atoms with van der Waals surface area (Å²) in [6.07, 6.45) is 2.17. The van der Waals surface area contributed by atoms with E-state index in [1.807, 2.05) is 11.8 Å². The number of nitrogens with zero attached hydrogens (tertiary/aromatic N) is 1. The van der Waals surface area contributed by atoms with Gasteiger partial charge in [-0.05, 0) is 25.7 Å². The minimum absolute atomic E-state index is 0.142. The van der Waals surface area contributed by atoms with Gasteiger partial charge in [0.2, 0.25) is 0 Å². The maximum atomic E-state index is 11.9. The molecule has 5 nitrogen and oxygen atoms in total. The summed E-state index contributed by atoms with van der Waals surface area (Å²) in [6, 6.07) is 0.100. The van der Waals surface area contributed by atoms with E-state index in [4.69, 9.17) is 5.11 Å². The van der Waals surface area contributed by atoms with E-state index in [0.29, 0.717) is 5.92 Å². The second-order valence-electron chi connectivity index (χ2n) is 5.11. The minimum atomic E-state index is -0.884. The predicted octanol–water partition coefficient (Wildman–Crippen LogP) is 1.54. The topological polar surface area (TPSA) is 69.6 Å². The van der Waals surface area contributed by atoms with Crippen molar-refractivity contribution in [3.8, 4) is 0 Å². The number of carboxylic acid groups (broad SMARTS) is 1. The summed E-state index contributed by atoms with van der Waals surface area (Å²) in [6.45, 7) is 6.70. The number of hydrogen-bond acceptors (Lipinski definition) is 2. The monoisotopic (exact) mass is 242 g/mol. The molecule has 3 unspecified atom stereocenters. The number of carboxylic acids is 1. The van der Waals surface area contributed by atoms with E-state index >= 15 is 0 Å². The van der Waals surface area contributed by atoms with Gasteiger partial charge in [-0.1, -0.05) is 13.8 Å². The lowest BCUT2D eigenvalue weighted by molar-refractivity contribution is -0.140. The molecular formula is C12H22N2O3. The molecule has 17 heavy (non-hydrogen) atoms. The maximum Gasteiger partial charge on any atom is 0.317 e. The molecule has 1 saturated heterocycles. The number of amides is 2. The first-order chi connectivity index (χ1) is 7.91. The summed E-state index contributed by atoms with van der Waals surface area (Å²) in [5, 5.41) is 11.4. The van der Waals surface area contributed by atoms with Crippen molar-refractivity contribution < 1.29 is 14.7 Å². The van der Waals surface area contributed by atoms with E-state index in [2.05, 4.69) is 12.2 Å². The Hall–Kier alpha value is -1.26. The first-order valence-electron chi connectivity index (χ1n) is 6.19. The Morgan fingerprint density at radius 2 is 2.06 bits per heavy atom. The fraction of sp³-hybridized carbons (Fsp3) is 0.833. The van der Waals surface area contributed by atoms with Gasteiger partial charge in [-0.15, -0.1) is 0 Å². The number of aliphatic carboxylic acids is 1. The molecule has 2 amide bonds. The van der Waals surface area contributed by atoms with Gasteiger partial charge >= 0.3 is 12.0 Å². The van der Waals surface area contributed by atoms with Crippen LogP contribution in [0.1, 0.15) is 33.6 Å². The van der Waals surface area contributed by atoms with Gasteiger partial charge in [-0.3, -0.25) is 4.79 Å². The Balaban J connectivity index is 2.43. The first-order valence-corrected chi connectivity index (χ1v) is 6.19. The molecule has 5 heteroatoms. The second kappa shape index (κ2) is 5.89. The van der Waals surface area contributed by atoms with Crippen molar-refractivity contribution in [2.24, 2.45) is 11.8 Å². The lowest BCUT2D eigenvalue weighted by atomic mass is 9.95. The molecule has 1 aliphatic heterocycles. The minimum Gasteiger partial charge on any atom is -0.481 e. The van der Waals surface area contributed by atoms with Crippen LogP contribution in [-0.2, 0) is 4.79 Å². The predicted molar refractivity (Wildman–Crippen MR) is 64.8 cm³/mol. The van der Waals surface area contributed by atoms with Crippen LogP contribution in [0.5, 0.6) is 0 Å². The molecule has 1 heterocycles. The molecular weight excluding hydrogens is 220 g/mol. The molecule has 1 fully saturated rings. The standard InChI is InChI=1S/C12H22N2O3/c1-8-4-5-10(3)14(7-8)12(17)13-6-9(2)11(15)16/h8-10H,4-7H2,1-3H3,(H,13,17)(H,15,16). The van der Waals surface area contributed by atoms with E-state index in [9.17, 15) is 9.59 Å². The molecule has 0 bridgehead atoms. The van der Waals surface area contributed by atoms with Gasteiger partial charge in [0.05, 0.1) is 5.92 Å². The molecule has 98 valence electrons. The summed E-state index contributed by atoms with van der Waals surface area (Å²) >= 11 is 0. The van der Waals surface area contributed by atoms with Crippen LogP contribution in [0, 0.1) is 11.8 Å². The number of urea groups is 1. The summed E-state index contributed by atoms with van der Waals surface area (Å²) in [5.41, 5.74) is 0. The van der Waals surface area contributed by atoms with Gasteiger partial charge in [0, 0.05) is 19.1 Å². The summed E-state index contributed by atoms with van der Waals surface area (Å²) in [7, 11) is 0. The molecule has 0 spiro atoms. The number of rotatable bonds is 3. The molecule has 0 radical (unpaired) electrons. The lowest BCUT2D eigenvalue weighted by Gasteiger charge is -2.36. The zero-order valence-electron chi connectivity index (χ0n) is 10.8. The molecule has 0 aromatic heterocycles. The van der Waals surface area contributed by atoms with Crippen molar-refractivity contribution in [3.05, 3.63) is 0 Å². The molecule has 0 aromatic carbocycles. The Labute approximate surface area is 102 Å². The highest BCUT2D eigenvalue weighted by Gasteiger charge is 2.27. The van der Waals surface area contributed by atoms with Crippen LogP contribution < -0.4 is 5.32 Å². The Morgan fingerprint density at radius 1 is 1.41 bits per heavy atom. The van der Waals surface area contributed by atoms with Crippen LogP contribution in [0.25, 0.3) is 0 Å². The average Bonchev–Trinajstić information content (AvgIpc) is 2.28. The summed E-state index contributed by atoms with van der Waals surface area (Å²) < 4.78 is 0. The van der Waals surface area contributed by atoms with Crippen molar-refractivity contribution in [3.63, 3.8) is 0 Å². The van der Waals surface area contributed by atoms with Crippen molar-refractivity contribution in [1.82, 2.24) is 10.2 Å². The molecule has 1 rings (SSSR count). The Bertz CT molecular complexity index is 293. The average molecular weight is 242 g/mol. The number of piperidine rings is 1. The van der Waals surface area contributed by atoms with Gasteiger partial charge in [-0.25, -0.2) is 4.79 Å². The molecule has 0 saturated carbocycles. The smallest absolute Gasteiger partial charge is 0.317 e. The number of nitrogens with one attached hydrogen (secondary N) is 1. The Morgan fingerprint density at radius 3 is 2.65 bits per heavy atom. The molecule has 0 aliphatic carbocycles. The molecule has 3 atom stereocenters. The number of hydrogen-bond donors (Lipinski definition) is 2. The van der Waals surface area contributed by atoms with Crippen molar-refractivity contribution in [2.45, 2.75) is 39.7 Å². The van der Waals surface area contributed by atoms with Crippen LogP contribution >= 0.6 is 0 Å². The normalized spacial score (nSPS) is 26.4. The number of carbonyl (C=O) groups excluding carboxylic acids is 1. The molecule has 0 aromatic rings. The zero-order chi connectivity index (χ0) is 13.0. The van der Waals surface area contributed by atoms with Gasteiger partial charge < -0.3 is 15.3 Å². The van der Waals surface area contributed by atoms with E-state index in [1.165, 1.54) is 0 Å². The second-order valence-corrected chi connectivity index (χ2v) is 5.11. The third-order valence-electron chi connectivity index (χ3n) is 3.36. The van der Waals surface area contributed by atoms with Crippen LogP contribution in [0.3, 0.4) is 0 Å². The zero-order valence-corrected chi connectivity index (χ0v) is 10.8. The SMILES string of the molecule is CC1CCC(C)N(C(=O)NCC(C)C(=O)O)C1. The third kappa shape index (κ3) is 3.91. The highest BCUT2D eigenvalue weighted by atomic mass is 16.4. The van der Waals surface area contributed by atoms with Crippen molar-refractivity contribution in [2.75, 3.05) is 13.1 Å². The van der Waals surface area contributed by atoms with Gasteiger partial charge in [0.15, 0.2) is 0 Å². The van der Waals surface area contributed by atoms with Crippen molar-refractivity contribution >= 4 is 12.0 Å². The quantitative estimate of drug-likeness (QED) is 0.788. The van der Waals surface area contributed by atoms with Gasteiger partial charge in [-0.2, -0.15) is 0 Å². The third-order valence-corrected chi connectivity index (χ3v) is 3.36. The fourth-order valence-corrected chi connectivity index (χ4v) is 2.00. The Kier molecular flexibility index (Phi) is 4.78. The highest BCUT2D eigenvalue weighted by Crippen LogP contribution is 2.21. The summed E-state index contributed by atoms with van der Waals surface area (Å²) in [4.78, 5) is 24.4. The van der Waals surface area contributed by atoms with Crippen LogP contribution in [0.2, 0.25) is 0 Å². The number of likely N-dealkylation sites (tertiary alicyclic amines) is 1. The van der Waals surface area contributed by atoms with Crippen LogP contribution in [0.4, 0.5) is 4.79 Å². The van der Waals surface area contributed by atoms with E-state index < -0.39 is 11.9 Å². The highest BCUT2D eigenvalue weighted by molar-refractivity contribution is 5.76. The van der Waals surface area contributed by atoms with E-state index in [1.54, 1.807) is 6.92 Å². The number of carbonyl (C=O) groups is 2. The largest absolute Gasteiger partial charge is 0.481 e. The van der Waals surface area contributed by atoms with E-state index in [0.717, 1.165) is 19.4 Å². The first kappa shape index (κ1) is 13.8. The van der Waals surface area contributed by atoms with Crippen molar-refractivity contribution in [1.29, 1.82) is 0 Å². The summed E-state index contributed by atoms with van der Waals surface area (Å²) in [5.74, 6) is -0.907. The fourth-order valence-electron chi connectivity index (χ4n) is 2.00. The molecule has 1 aliphatic rings. The van der Waals surface area contributed by atoms with Gasteiger partial charge in [0.25, 0.3) is 0 Å². The molecule has 2 N–H and O–H groups in total.